The van der Waals surface area contributed by atoms with Gasteiger partial charge in [0.1, 0.15) is 0 Å². The number of rotatable bonds is 4. The average molecular weight is 171 g/mol. The lowest BCUT2D eigenvalue weighted by molar-refractivity contribution is 0.267. The Morgan fingerprint density at radius 2 is 1.67 bits per heavy atom. The molecule has 0 aliphatic rings. The first-order valence-electron chi connectivity index (χ1n) is 5.10. The average Bonchev–Trinajstić information content (AvgIpc) is 1.83. The van der Waals surface area contributed by atoms with E-state index in [1.54, 1.807) is 0 Å². The normalized spacial score (nSPS) is 15.2. The lowest BCUT2D eigenvalue weighted by Crippen LogP contribution is -2.36. The van der Waals surface area contributed by atoms with Gasteiger partial charge in [0, 0.05) is 6.04 Å². The van der Waals surface area contributed by atoms with Crippen molar-refractivity contribution in [1.29, 1.82) is 0 Å². The summed E-state index contributed by atoms with van der Waals surface area (Å²) in [6, 6.07) is 0.676. The molecule has 0 radical (unpaired) electrons. The van der Waals surface area contributed by atoms with Crippen LogP contribution in [0.5, 0.6) is 0 Å². The highest BCUT2D eigenvalue weighted by Crippen LogP contribution is 2.23. The van der Waals surface area contributed by atoms with Gasteiger partial charge in [0.2, 0.25) is 0 Å². The van der Waals surface area contributed by atoms with Gasteiger partial charge in [-0.05, 0) is 24.3 Å². The maximum atomic E-state index is 3.54. The summed E-state index contributed by atoms with van der Waals surface area (Å²) in [5.41, 5.74) is 0.442. The van der Waals surface area contributed by atoms with Gasteiger partial charge >= 0.3 is 0 Å². The number of hydrogen-bond acceptors (Lipinski definition) is 1. The van der Waals surface area contributed by atoms with Crippen LogP contribution in [-0.4, -0.2) is 12.6 Å². The van der Waals surface area contributed by atoms with Crippen molar-refractivity contribution in [2.75, 3.05) is 6.54 Å². The van der Waals surface area contributed by atoms with Crippen molar-refractivity contribution in [3.05, 3.63) is 0 Å². The molecule has 1 heteroatoms. The van der Waals surface area contributed by atoms with Gasteiger partial charge in [0.05, 0.1) is 0 Å². The molecule has 0 spiro atoms. The van der Waals surface area contributed by atoms with Gasteiger partial charge in [-0.25, -0.2) is 0 Å². The second kappa shape index (κ2) is 4.86. The topological polar surface area (TPSA) is 12.0 Å². The third-order valence-electron chi connectivity index (χ3n) is 2.10. The molecule has 0 aromatic carbocycles. The Morgan fingerprint density at radius 1 is 1.17 bits per heavy atom. The summed E-state index contributed by atoms with van der Waals surface area (Å²) >= 11 is 0. The first-order chi connectivity index (χ1) is 5.37. The Balaban J connectivity index is 3.95. The summed E-state index contributed by atoms with van der Waals surface area (Å²) in [6.07, 6.45) is 1.26. The Bertz CT molecular complexity index is 111. The second-order valence-electron chi connectivity index (χ2n) is 5.17. The van der Waals surface area contributed by atoms with Crippen LogP contribution in [0.15, 0.2) is 0 Å². The zero-order chi connectivity index (χ0) is 9.78. The van der Waals surface area contributed by atoms with Crippen molar-refractivity contribution >= 4 is 0 Å². The molecule has 0 bridgehead atoms. The van der Waals surface area contributed by atoms with Gasteiger partial charge in [-0.15, -0.1) is 0 Å². The van der Waals surface area contributed by atoms with Crippen LogP contribution in [0, 0.1) is 11.3 Å². The largest absolute Gasteiger partial charge is 0.314 e. The van der Waals surface area contributed by atoms with Crippen LogP contribution in [0.4, 0.5) is 0 Å². The lowest BCUT2D eigenvalue weighted by atomic mass is 9.84. The van der Waals surface area contributed by atoms with Gasteiger partial charge in [-0.2, -0.15) is 0 Å². The fourth-order valence-corrected chi connectivity index (χ4v) is 1.47. The van der Waals surface area contributed by atoms with E-state index in [4.69, 9.17) is 0 Å². The van der Waals surface area contributed by atoms with E-state index in [0.717, 1.165) is 12.5 Å². The zero-order valence-corrected chi connectivity index (χ0v) is 9.57. The predicted molar refractivity (Wildman–Crippen MR) is 56.4 cm³/mol. The smallest absolute Gasteiger partial charge is 0.00949 e. The van der Waals surface area contributed by atoms with Crippen LogP contribution in [0.25, 0.3) is 0 Å². The molecular formula is C11H25N. The van der Waals surface area contributed by atoms with E-state index in [2.05, 4.69) is 46.9 Å². The minimum atomic E-state index is 0.442. The molecule has 1 nitrogen and oxygen atoms in total. The van der Waals surface area contributed by atoms with Crippen molar-refractivity contribution in [2.45, 2.75) is 54.0 Å². The Morgan fingerprint density at radius 3 is 1.92 bits per heavy atom. The van der Waals surface area contributed by atoms with Crippen molar-refractivity contribution < 1.29 is 0 Å². The second-order valence-corrected chi connectivity index (χ2v) is 5.17. The highest BCUT2D eigenvalue weighted by Gasteiger charge is 2.19. The van der Waals surface area contributed by atoms with Crippen LogP contribution in [0.2, 0.25) is 0 Å². The summed E-state index contributed by atoms with van der Waals surface area (Å²) in [4.78, 5) is 0. The maximum Gasteiger partial charge on any atom is 0.00949 e. The molecule has 0 saturated carbocycles. The van der Waals surface area contributed by atoms with Crippen LogP contribution in [-0.2, 0) is 0 Å². The zero-order valence-electron chi connectivity index (χ0n) is 9.57. The first-order valence-corrected chi connectivity index (χ1v) is 5.10. The summed E-state index contributed by atoms with van der Waals surface area (Å²) in [5, 5.41) is 3.54. The van der Waals surface area contributed by atoms with Crippen molar-refractivity contribution in [2.24, 2.45) is 11.3 Å². The van der Waals surface area contributed by atoms with Gasteiger partial charge in [0.15, 0.2) is 0 Å². The molecule has 0 heterocycles. The minimum absolute atomic E-state index is 0.442. The molecule has 74 valence electrons. The molecule has 12 heavy (non-hydrogen) atoms. The molecule has 0 aliphatic heterocycles. The van der Waals surface area contributed by atoms with E-state index >= 15 is 0 Å². The highest BCUT2D eigenvalue weighted by atomic mass is 14.9. The summed E-state index contributed by atoms with van der Waals surface area (Å²) < 4.78 is 0. The highest BCUT2D eigenvalue weighted by molar-refractivity contribution is 4.76. The van der Waals surface area contributed by atoms with Crippen LogP contribution >= 0.6 is 0 Å². The molecule has 1 N–H and O–H groups in total. The number of nitrogens with one attached hydrogen (secondary N) is 1. The summed E-state index contributed by atoms with van der Waals surface area (Å²) in [5.74, 6) is 0.740. The van der Waals surface area contributed by atoms with E-state index in [1.165, 1.54) is 6.42 Å². The third kappa shape index (κ3) is 5.59. The lowest BCUT2D eigenvalue weighted by Gasteiger charge is -2.29. The Labute approximate surface area is 77.9 Å². The van der Waals surface area contributed by atoms with Crippen molar-refractivity contribution in [3.8, 4) is 0 Å². The minimum Gasteiger partial charge on any atom is -0.314 e. The molecular weight excluding hydrogens is 146 g/mol. The molecule has 0 rings (SSSR count). The summed E-state index contributed by atoms with van der Waals surface area (Å²) in [6.45, 7) is 14.8. The molecule has 0 fully saturated rings. The monoisotopic (exact) mass is 171 g/mol. The molecule has 0 saturated heterocycles. The Hall–Kier alpha value is -0.0400. The molecule has 0 aliphatic carbocycles. The predicted octanol–water partition coefficient (Wildman–Crippen LogP) is 3.06. The first kappa shape index (κ1) is 12.0. The van der Waals surface area contributed by atoms with Gasteiger partial charge in [-0.3, -0.25) is 0 Å². The fraction of sp³-hybridized carbons (Fsp3) is 1.00. The van der Waals surface area contributed by atoms with E-state index in [-0.39, 0.29) is 0 Å². The van der Waals surface area contributed by atoms with E-state index in [9.17, 15) is 0 Å². The summed E-state index contributed by atoms with van der Waals surface area (Å²) in [7, 11) is 0. The van der Waals surface area contributed by atoms with Crippen LogP contribution < -0.4 is 5.32 Å². The third-order valence-corrected chi connectivity index (χ3v) is 2.10. The SMILES string of the molecule is CCNC(CC(C)(C)C)C(C)C. The Kier molecular flexibility index (Phi) is 4.84. The molecule has 0 aromatic heterocycles. The standard InChI is InChI=1S/C11H25N/c1-7-12-10(9(2)3)8-11(4,5)6/h9-10,12H,7-8H2,1-6H3. The van der Waals surface area contributed by atoms with Gasteiger partial charge < -0.3 is 5.32 Å². The van der Waals surface area contributed by atoms with Crippen LogP contribution in [0.1, 0.15) is 48.0 Å². The fourth-order valence-electron chi connectivity index (χ4n) is 1.47. The van der Waals surface area contributed by atoms with Crippen molar-refractivity contribution in [1.82, 2.24) is 5.32 Å². The van der Waals surface area contributed by atoms with Crippen molar-refractivity contribution in [3.63, 3.8) is 0 Å². The van der Waals surface area contributed by atoms with E-state index in [1.807, 2.05) is 0 Å². The van der Waals surface area contributed by atoms with E-state index in [0.29, 0.717) is 11.5 Å². The molecule has 0 aromatic rings. The van der Waals surface area contributed by atoms with Gasteiger partial charge in [0.25, 0.3) is 0 Å². The maximum absolute atomic E-state index is 3.54. The van der Waals surface area contributed by atoms with E-state index < -0.39 is 0 Å². The molecule has 0 amide bonds. The molecule has 1 unspecified atom stereocenters. The molecule has 1 atom stereocenters. The van der Waals surface area contributed by atoms with Gasteiger partial charge in [-0.1, -0.05) is 41.5 Å². The quantitative estimate of drug-likeness (QED) is 0.685. The van der Waals surface area contributed by atoms with Crippen LogP contribution in [0.3, 0.4) is 0 Å². The number of hydrogen-bond donors (Lipinski definition) is 1.